The summed E-state index contributed by atoms with van der Waals surface area (Å²) in [6.07, 6.45) is 4.79. The van der Waals surface area contributed by atoms with Crippen LogP contribution < -0.4 is 10.1 Å². The summed E-state index contributed by atoms with van der Waals surface area (Å²) in [4.78, 5) is 23.3. The van der Waals surface area contributed by atoms with E-state index in [1.807, 2.05) is 43.3 Å². The van der Waals surface area contributed by atoms with Crippen molar-refractivity contribution in [2.75, 3.05) is 26.2 Å². The third-order valence-electron chi connectivity index (χ3n) is 4.68. The van der Waals surface area contributed by atoms with E-state index in [0.717, 1.165) is 17.7 Å². The first-order chi connectivity index (χ1) is 13.7. The number of carbonyl (C=O) groups excluding carboxylic acids is 1. The quantitative estimate of drug-likeness (QED) is 0.641. The smallest absolute Gasteiger partial charge is 0.276 e. The van der Waals surface area contributed by atoms with Gasteiger partial charge in [0.1, 0.15) is 18.6 Å². The van der Waals surface area contributed by atoms with Crippen LogP contribution in [0.5, 0.6) is 5.75 Å². The number of benzene rings is 1. The van der Waals surface area contributed by atoms with E-state index in [9.17, 15) is 4.79 Å². The monoisotopic (exact) mass is 450 g/mol. The Balaban J connectivity index is 0.00000160. The number of rotatable bonds is 5. The Labute approximate surface area is 187 Å². The van der Waals surface area contributed by atoms with Gasteiger partial charge >= 0.3 is 0 Å². The summed E-state index contributed by atoms with van der Waals surface area (Å²) in [6.45, 7) is 4.37. The number of carbonyl (C=O) groups is 1. The predicted octanol–water partition coefficient (Wildman–Crippen LogP) is 3.38. The van der Waals surface area contributed by atoms with Crippen LogP contribution in [-0.2, 0) is 0 Å². The molecule has 0 bridgehead atoms. The number of hydrogen-bond acceptors (Lipinski definition) is 6. The number of oxazole rings is 1. The summed E-state index contributed by atoms with van der Waals surface area (Å²) in [5, 5.41) is 3.31. The van der Waals surface area contributed by atoms with E-state index in [1.54, 1.807) is 17.3 Å². The van der Waals surface area contributed by atoms with Gasteiger partial charge in [-0.25, -0.2) is 4.98 Å². The topological polar surface area (TPSA) is 80.5 Å². The minimum atomic E-state index is -0.149. The number of aromatic nitrogens is 2. The van der Waals surface area contributed by atoms with Gasteiger partial charge in [-0.3, -0.25) is 9.78 Å². The number of amides is 1. The number of pyridine rings is 1. The number of piperazine rings is 1. The van der Waals surface area contributed by atoms with E-state index < -0.39 is 0 Å². The van der Waals surface area contributed by atoms with Gasteiger partial charge in [0.15, 0.2) is 5.69 Å². The van der Waals surface area contributed by atoms with Crippen LogP contribution in [0.25, 0.3) is 11.5 Å². The van der Waals surface area contributed by atoms with Gasteiger partial charge in [-0.1, -0.05) is 17.7 Å². The molecule has 1 unspecified atom stereocenters. The second-order valence-electron chi connectivity index (χ2n) is 6.76. The molecule has 0 aliphatic carbocycles. The van der Waals surface area contributed by atoms with Crippen LogP contribution >= 0.6 is 24.8 Å². The first-order valence-corrected chi connectivity index (χ1v) is 9.28. The van der Waals surface area contributed by atoms with Crippen LogP contribution in [0.1, 0.15) is 16.1 Å². The Morgan fingerprint density at radius 2 is 2.17 bits per heavy atom. The molecule has 3 heterocycles. The fourth-order valence-corrected chi connectivity index (χ4v) is 3.23. The van der Waals surface area contributed by atoms with Crippen molar-refractivity contribution >= 4 is 30.7 Å². The fraction of sp³-hybridized carbons (Fsp3) is 0.286. The molecule has 1 N–H and O–H groups in total. The fourth-order valence-electron chi connectivity index (χ4n) is 3.23. The van der Waals surface area contributed by atoms with Crippen LogP contribution in [0.4, 0.5) is 0 Å². The van der Waals surface area contributed by atoms with Crippen LogP contribution in [-0.4, -0.2) is 53.1 Å². The highest BCUT2D eigenvalue weighted by molar-refractivity contribution is 5.92. The van der Waals surface area contributed by atoms with Crippen molar-refractivity contribution in [3.8, 4) is 17.2 Å². The second-order valence-corrected chi connectivity index (χ2v) is 6.76. The SMILES string of the molecule is Cc1cccc(-c2nc(C(=O)N3CCNCC3COc3cccnc3)co2)c1.Cl.Cl. The Bertz CT molecular complexity index is 952. The Morgan fingerprint density at radius 3 is 2.93 bits per heavy atom. The second kappa shape index (κ2) is 11.0. The largest absolute Gasteiger partial charge is 0.490 e. The minimum absolute atomic E-state index is 0. The van der Waals surface area contributed by atoms with Crippen molar-refractivity contribution in [3.05, 3.63) is 66.3 Å². The van der Waals surface area contributed by atoms with Gasteiger partial charge in [0.25, 0.3) is 5.91 Å². The molecule has 1 saturated heterocycles. The summed E-state index contributed by atoms with van der Waals surface area (Å²) in [5.74, 6) is 0.984. The molecule has 3 aromatic rings. The highest BCUT2D eigenvalue weighted by atomic mass is 35.5. The number of hydrogen-bond donors (Lipinski definition) is 1. The summed E-state index contributed by atoms with van der Waals surface area (Å²) < 4.78 is 11.4. The molecule has 1 fully saturated rings. The average molecular weight is 451 g/mol. The molecule has 1 aromatic carbocycles. The molecule has 30 heavy (non-hydrogen) atoms. The lowest BCUT2D eigenvalue weighted by molar-refractivity contribution is 0.0553. The third-order valence-corrected chi connectivity index (χ3v) is 4.68. The number of aryl methyl sites for hydroxylation is 1. The normalized spacial score (nSPS) is 15.6. The molecule has 1 aliphatic heterocycles. The van der Waals surface area contributed by atoms with E-state index in [2.05, 4.69) is 15.3 Å². The Morgan fingerprint density at radius 1 is 1.30 bits per heavy atom. The molecule has 1 atom stereocenters. The van der Waals surface area contributed by atoms with E-state index in [4.69, 9.17) is 9.15 Å². The van der Waals surface area contributed by atoms with Crippen molar-refractivity contribution in [2.24, 2.45) is 0 Å². The third kappa shape index (κ3) is 5.50. The lowest BCUT2D eigenvalue weighted by atomic mass is 10.1. The lowest BCUT2D eigenvalue weighted by Crippen LogP contribution is -2.56. The van der Waals surface area contributed by atoms with E-state index in [0.29, 0.717) is 37.0 Å². The first-order valence-electron chi connectivity index (χ1n) is 9.28. The maximum atomic E-state index is 13.0. The first kappa shape index (κ1) is 23.7. The van der Waals surface area contributed by atoms with Gasteiger partial charge in [0, 0.05) is 31.4 Å². The Kier molecular flexibility index (Phi) is 8.65. The van der Waals surface area contributed by atoms with Gasteiger partial charge in [0.05, 0.1) is 12.2 Å². The number of ether oxygens (including phenoxy) is 1. The molecule has 1 aliphatic rings. The molecule has 4 rings (SSSR count). The van der Waals surface area contributed by atoms with Crippen molar-refractivity contribution in [1.82, 2.24) is 20.2 Å². The highest BCUT2D eigenvalue weighted by Crippen LogP contribution is 2.21. The average Bonchev–Trinajstić information content (AvgIpc) is 3.23. The number of nitrogens with one attached hydrogen (secondary N) is 1. The number of halogens is 2. The van der Waals surface area contributed by atoms with Crippen LogP contribution in [0.3, 0.4) is 0 Å². The van der Waals surface area contributed by atoms with Crippen LogP contribution in [0, 0.1) is 6.92 Å². The molecule has 0 saturated carbocycles. The van der Waals surface area contributed by atoms with Crippen molar-refractivity contribution < 1.29 is 13.9 Å². The van der Waals surface area contributed by atoms with Crippen LogP contribution in [0.2, 0.25) is 0 Å². The summed E-state index contributed by atoms with van der Waals surface area (Å²) >= 11 is 0. The summed E-state index contributed by atoms with van der Waals surface area (Å²) in [7, 11) is 0. The molecule has 7 nitrogen and oxygen atoms in total. The molecule has 0 radical (unpaired) electrons. The molecule has 2 aromatic heterocycles. The van der Waals surface area contributed by atoms with E-state index in [-0.39, 0.29) is 36.8 Å². The van der Waals surface area contributed by atoms with Gasteiger partial charge in [-0.15, -0.1) is 24.8 Å². The number of nitrogens with zero attached hydrogens (tertiary/aromatic N) is 3. The van der Waals surface area contributed by atoms with Crippen molar-refractivity contribution in [3.63, 3.8) is 0 Å². The maximum Gasteiger partial charge on any atom is 0.276 e. The standard InChI is InChI=1S/C21H22N4O3.2ClH/c1-15-4-2-5-16(10-15)20-24-19(14-28-20)21(26)25-9-8-23-11-17(25)13-27-18-6-3-7-22-12-18;;/h2-7,10,12,14,17,23H,8-9,11,13H2,1H3;2*1H. The van der Waals surface area contributed by atoms with E-state index in [1.165, 1.54) is 6.26 Å². The van der Waals surface area contributed by atoms with Crippen molar-refractivity contribution in [2.45, 2.75) is 13.0 Å². The lowest BCUT2D eigenvalue weighted by Gasteiger charge is -2.35. The van der Waals surface area contributed by atoms with Gasteiger partial charge in [-0.05, 0) is 31.2 Å². The van der Waals surface area contributed by atoms with E-state index >= 15 is 0 Å². The summed E-state index contributed by atoms with van der Waals surface area (Å²) in [5.41, 5.74) is 2.28. The molecule has 160 valence electrons. The molecular weight excluding hydrogens is 427 g/mol. The zero-order chi connectivity index (χ0) is 19.3. The van der Waals surface area contributed by atoms with Crippen LogP contribution in [0.15, 0.2) is 59.5 Å². The maximum absolute atomic E-state index is 13.0. The molecule has 9 heteroatoms. The van der Waals surface area contributed by atoms with Gasteiger partial charge < -0.3 is 19.4 Å². The van der Waals surface area contributed by atoms with Gasteiger partial charge in [-0.2, -0.15) is 0 Å². The summed E-state index contributed by atoms with van der Waals surface area (Å²) in [6, 6.07) is 11.4. The zero-order valence-electron chi connectivity index (χ0n) is 16.5. The zero-order valence-corrected chi connectivity index (χ0v) is 18.1. The van der Waals surface area contributed by atoms with Crippen molar-refractivity contribution in [1.29, 1.82) is 0 Å². The Hall–Kier alpha value is -2.61. The minimum Gasteiger partial charge on any atom is -0.490 e. The van der Waals surface area contributed by atoms with Gasteiger partial charge in [0.2, 0.25) is 5.89 Å². The molecule has 1 amide bonds. The predicted molar refractivity (Wildman–Crippen MR) is 119 cm³/mol. The molecular formula is C21H24Cl2N4O3. The molecule has 0 spiro atoms. The highest BCUT2D eigenvalue weighted by Gasteiger charge is 2.30.